The van der Waals surface area contributed by atoms with E-state index in [1.165, 1.54) is 56.1 Å². The molecule has 2 fully saturated rings. The van der Waals surface area contributed by atoms with E-state index < -0.39 is 0 Å². The Morgan fingerprint density at radius 2 is 1.71 bits per heavy atom. The van der Waals surface area contributed by atoms with Crippen LogP contribution in [0.2, 0.25) is 0 Å². The average Bonchev–Trinajstić information content (AvgIpc) is 2.89. The van der Waals surface area contributed by atoms with Crippen molar-refractivity contribution in [3.8, 4) is 0 Å². The van der Waals surface area contributed by atoms with Gasteiger partial charge in [0.25, 0.3) is 5.91 Å². The summed E-state index contributed by atoms with van der Waals surface area (Å²) in [5.41, 5.74) is 3.26. The highest BCUT2D eigenvalue weighted by Gasteiger charge is 2.30. The lowest BCUT2D eigenvalue weighted by Gasteiger charge is -2.33. The predicted molar refractivity (Wildman–Crippen MR) is 117 cm³/mol. The molecule has 2 heterocycles. The number of nitrogens with zero attached hydrogens (tertiary/aromatic N) is 3. The number of hydrogen-bond donors (Lipinski definition) is 0. The summed E-state index contributed by atoms with van der Waals surface area (Å²) >= 11 is 0. The van der Waals surface area contributed by atoms with Crippen LogP contribution < -0.4 is 9.80 Å². The quantitative estimate of drug-likeness (QED) is 0.778. The number of carbonyl (C=O) groups excluding carboxylic acids is 1. The Labute approximate surface area is 168 Å². The molecule has 4 nitrogen and oxygen atoms in total. The number of amides is 1. The van der Waals surface area contributed by atoms with Crippen LogP contribution in [0.4, 0.5) is 11.4 Å². The lowest BCUT2D eigenvalue weighted by Crippen LogP contribution is -2.39. The van der Waals surface area contributed by atoms with Crippen molar-refractivity contribution in [3.63, 3.8) is 0 Å². The van der Waals surface area contributed by atoms with Gasteiger partial charge in [-0.3, -0.25) is 9.69 Å². The highest BCUT2D eigenvalue weighted by Crippen LogP contribution is 2.41. The Morgan fingerprint density at radius 1 is 0.893 bits per heavy atom. The minimum Gasteiger partial charge on any atom is -0.370 e. The molecule has 0 radical (unpaired) electrons. The average molecular weight is 378 g/mol. The number of rotatable bonds is 3. The van der Waals surface area contributed by atoms with Gasteiger partial charge in [0.1, 0.15) is 0 Å². The van der Waals surface area contributed by atoms with Crippen molar-refractivity contribution in [1.82, 2.24) is 4.90 Å². The molecule has 3 aliphatic rings. The number of benzene rings is 2. The van der Waals surface area contributed by atoms with Crippen molar-refractivity contribution in [2.24, 2.45) is 0 Å². The van der Waals surface area contributed by atoms with Gasteiger partial charge in [0.15, 0.2) is 0 Å². The second-order valence-electron chi connectivity index (χ2n) is 8.55. The van der Waals surface area contributed by atoms with Crippen molar-refractivity contribution in [1.29, 1.82) is 0 Å². The monoisotopic (exact) mass is 377 g/mol. The minimum atomic E-state index is 0.152. The maximum Gasteiger partial charge on any atom is 0.258 e. The summed E-state index contributed by atoms with van der Waals surface area (Å²) in [5, 5.41) is 2.39. The number of anilines is 2. The molecule has 1 saturated heterocycles. The Kier molecular flexibility index (Phi) is 4.75. The van der Waals surface area contributed by atoms with Crippen LogP contribution in [0.3, 0.4) is 0 Å². The van der Waals surface area contributed by atoms with Crippen LogP contribution in [0.15, 0.2) is 30.3 Å². The zero-order valence-corrected chi connectivity index (χ0v) is 17.0. The molecule has 0 atom stereocenters. The number of hydrogen-bond acceptors (Lipinski definition) is 3. The third-order valence-electron chi connectivity index (χ3n) is 7.04. The van der Waals surface area contributed by atoms with Gasteiger partial charge < -0.3 is 9.80 Å². The van der Waals surface area contributed by atoms with E-state index in [2.05, 4.69) is 34.9 Å². The summed E-state index contributed by atoms with van der Waals surface area (Å²) in [6.45, 7) is 7.35. The van der Waals surface area contributed by atoms with E-state index in [9.17, 15) is 4.79 Å². The van der Waals surface area contributed by atoms with Gasteiger partial charge in [0.2, 0.25) is 0 Å². The minimum absolute atomic E-state index is 0.152. The molecule has 2 aromatic rings. The lowest BCUT2D eigenvalue weighted by atomic mass is 9.94. The molecule has 1 saturated carbocycles. The van der Waals surface area contributed by atoms with Crippen LogP contribution in [0.5, 0.6) is 0 Å². The van der Waals surface area contributed by atoms with Crippen LogP contribution in [0.25, 0.3) is 10.8 Å². The Hall–Kier alpha value is -2.07. The highest BCUT2D eigenvalue weighted by atomic mass is 16.2. The molecule has 1 aliphatic carbocycles. The van der Waals surface area contributed by atoms with Gasteiger partial charge in [0, 0.05) is 60.8 Å². The fraction of sp³-hybridized carbons (Fsp3) is 0.542. The zero-order chi connectivity index (χ0) is 19.1. The van der Waals surface area contributed by atoms with Crippen molar-refractivity contribution in [3.05, 3.63) is 35.9 Å². The van der Waals surface area contributed by atoms with E-state index in [0.29, 0.717) is 0 Å². The second kappa shape index (κ2) is 7.40. The third kappa shape index (κ3) is 2.89. The van der Waals surface area contributed by atoms with Crippen molar-refractivity contribution < 1.29 is 4.79 Å². The van der Waals surface area contributed by atoms with E-state index in [-0.39, 0.29) is 5.91 Å². The fourth-order valence-corrected chi connectivity index (χ4v) is 5.61. The highest BCUT2D eigenvalue weighted by molar-refractivity contribution is 6.26. The number of carbonyl (C=O) groups is 1. The third-order valence-corrected chi connectivity index (χ3v) is 7.04. The fourth-order valence-electron chi connectivity index (χ4n) is 5.61. The Balaban J connectivity index is 1.44. The predicted octanol–water partition coefficient (Wildman–Crippen LogP) is 4.66. The molecule has 0 bridgehead atoms. The molecule has 5 rings (SSSR count). The molecule has 148 valence electrons. The Morgan fingerprint density at radius 3 is 2.54 bits per heavy atom. The van der Waals surface area contributed by atoms with E-state index in [1.807, 2.05) is 17.0 Å². The van der Waals surface area contributed by atoms with Gasteiger partial charge in [-0.25, -0.2) is 0 Å². The standard InChI is InChI=1S/C24H31N3O/c1-2-27-22-13-12-21(19-10-6-11-20(23(19)22)24(27)28)26-15-7-14-25(16-17-26)18-8-4-3-5-9-18/h6,10-13,18H,2-5,7-9,14-17H2,1H3. The van der Waals surface area contributed by atoms with Gasteiger partial charge >= 0.3 is 0 Å². The summed E-state index contributed by atoms with van der Waals surface area (Å²) < 4.78 is 0. The molecule has 0 spiro atoms. The largest absolute Gasteiger partial charge is 0.370 e. The van der Waals surface area contributed by atoms with Gasteiger partial charge in [-0.2, -0.15) is 0 Å². The first-order valence-electron chi connectivity index (χ1n) is 11.1. The topological polar surface area (TPSA) is 26.8 Å². The van der Waals surface area contributed by atoms with Gasteiger partial charge in [-0.05, 0) is 44.4 Å². The SMILES string of the molecule is CCN1C(=O)c2cccc3c(N4CCCN(C5CCCCC5)CC4)ccc1c23. The van der Waals surface area contributed by atoms with Crippen LogP contribution in [0.1, 0.15) is 55.8 Å². The maximum atomic E-state index is 12.8. The first-order chi connectivity index (χ1) is 13.8. The summed E-state index contributed by atoms with van der Waals surface area (Å²) in [6.07, 6.45) is 8.22. The van der Waals surface area contributed by atoms with Crippen molar-refractivity contribution >= 4 is 28.1 Å². The van der Waals surface area contributed by atoms with Crippen LogP contribution in [-0.2, 0) is 0 Å². The molecule has 1 amide bonds. The zero-order valence-electron chi connectivity index (χ0n) is 17.0. The smallest absolute Gasteiger partial charge is 0.258 e. The van der Waals surface area contributed by atoms with Gasteiger partial charge in [-0.1, -0.05) is 31.4 Å². The van der Waals surface area contributed by atoms with E-state index in [0.717, 1.165) is 48.9 Å². The normalized spacial score (nSPS) is 21.5. The Bertz CT molecular complexity index is 887. The van der Waals surface area contributed by atoms with Crippen molar-refractivity contribution in [2.75, 3.05) is 42.5 Å². The first-order valence-corrected chi connectivity index (χ1v) is 11.1. The molecule has 4 heteroatoms. The van der Waals surface area contributed by atoms with E-state index in [4.69, 9.17) is 0 Å². The molecule has 0 unspecified atom stereocenters. The van der Waals surface area contributed by atoms with Gasteiger partial charge in [0.05, 0.1) is 5.69 Å². The summed E-state index contributed by atoms with van der Waals surface area (Å²) in [4.78, 5) is 20.0. The second-order valence-corrected chi connectivity index (χ2v) is 8.55. The van der Waals surface area contributed by atoms with E-state index in [1.54, 1.807) is 0 Å². The van der Waals surface area contributed by atoms with Crippen LogP contribution >= 0.6 is 0 Å². The molecule has 0 N–H and O–H groups in total. The maximum absolute atomic E-state index is 12.8. The molecular weight excluding hydrogens is 346 g/mol. The molecule has 28 heavy (non-hydrogen) atoms. The van der Waals surface area contributed by atoms with Gasteiger partial charge in [-0.15, -0.1) is 0 Å². The van der Waals surface area contributed by atoms with Crippen molar-refractivity contribution in [2.45, 2.75) is 51.5 Å². The van der Waals surface area contributed by atoms with E-state index >= 15 is 0 Å². The molecule has 2 aliphatic heterocycles. The van der Waals surface area contributed by atoms with Crippen LogP contribution in [-0.4, -0.2) is 49.6 Å². The summed E-state index contributed by atoms with van der Waals surface area (Å²) in [5.74, 6) is 0.152. The summed E-state index contributed by atoms with van der Waals surface area (Å²) in [6, 6.07) is 11.5. The molecular formula is C24H31N3O. The van der Waals surface area contributed by atoms with Crippen LogP contribution in [0, 0.1) is 0 Å². The molecule has 2 aromatic carbocycles. The molecule has 0 aromatic heterocycles. The lowest BCUT2D eigenvalue weighted by molar-refractivity contribution is 0.0994. The first kappa shape index (κ1) is 18.0. The summed E-state index contributed by atoms with van der Waals surface area (Å²) in [7, 11) is 0.